The molecule has 0 aromatic carbocycles. The lowest BCUT2D eigenvalue weighted by atomic mass is 10.1. The summed E-state index contributed by atoms with van der Waals surface area (Å²) < 4.78 is 5.07. The van der Waals surface area contributed by atoms with Gasteiger partial charge in [0.05, 0.1) is 11.0 Å². The molecule has 1 unspecified atom stereocenters. The van der Waals surface area contributed by atoms with Crippen molar-refractivity contribution in [3.8, 4) is 0 Å². The second kappa shape index (κ2) is 6.22. The largest absolute Gasteiger partial charge is 0.444 e. The fraction of sp³-hybridized carbons (Fsp3) is 0.727. The minimum absolute atomic E-state index is 0.0405. The van der Waals surface area contributed by atoms with E-state index in [0.717, 1.165) is 6.20 Å². The molecule has 0 spiro atoms. The number of carbonyl (C=O) groups excluding carboxylic acids is 1. The van der Waals surface area contributed by atoms with Gasteiger partial charge in [0.15, 0.2) is 0 Å². The van der Waals surface area contributed by atoms with Gasteiger partial charge < -0.3 is 10.1 Å². The monoisotopic (exact) mass is 244 g/mol. The van der Waals surface area contributed by atoms with Crippen molar-refractivity contribution in [3.05, 3.63) is 22.4 Å². The maximum absolute atomic E-state index is 11.5. The molecule has 0 aliphatic heterocycles. The summed E-state index contributed by atoms with van der Waals surface area (Å²) in [5.41, 5.74) is -0.585. The van der Waals surface area contributed by atoms with Crippen LogP contribution in [-0.2, 0) is 4.74 Å². The molecular formula is C11H20N2O4. The van der Waals surface area contributed by atoms with E-state index in [2.05, 4.69) is 5.32 Å². The van der Waals surface area contributed by atoms with Crippen molar-refractivity contribution in [2.45, 2.75) is 46.3 Å². The van der Waals surface area contributed by atoms with Crippen molar-refractivity contribution in [3.63, 3.8) is 0 Å². The molecule has 1 amide bonds. The molecule has 17 heavy (non-hydrogen) atoms. The van der Waals surface area contributed by atoms with Crippen LogP contribution in [0.2, 0.25) is 0 Å². The standard InChI is InChI=1S/C11H20N2O4/c1-8(2)9(6-7-13(15)16)12-10(14)17-11(3,4)5/h6-9H,1-5H3,(H,12,14)/b7-6+. The van der Waals surface area contributed by atoms with E-state index in [1.165, 1.54) is 6.08 Å². The van der Waals surface area contributed by atoms with E-state index in [1.54, 1.807) is 20.8 Å². The highest BCUT2D eigenvalue weighted by atomic mass is 16.6. The number of hydrogen-bond donors (Lipinski definition) is 1. The number of carbonyl (C=O) groups is 1. The number of alkyl carbamates (subject to hydrolysis) is 1. The first kappa shape index (κ1) is 15.4. The molecule has 1 N–H and O–H groups in total. The third kappa shape index (κ3) is 8.24. The Morgan fingerprint density at radius 3 is 2.29 bits per heavy atom. The highest BCUT2D eigenvalue weighted by molar-refractivity contribution is 5.68. The van der Waals surface area contributed by atoms with E-state index in [9.17, 15) is 14.9 Å². The molecule has 0 heterocycles. The molecule has 0 saturated carbocycles. The van der Waals surface area contributed by atoms with Gasteiger partial charge in [-0.1, -0.05) is 13.8 Å². The molecule has 0 rings (SSSR count). The summed E-state index contributed by atoms with van der Waals surface area (Å²) in [6.07, 6.45) is 1.58. The van der Waals surface area contributed by atoms with Crippen LogP contribution in [0.1, 0.15) is 34.6 Å². The number of nitro groups is 1. The molecule has 98 valence electrons. The van der Waals surface area contributed by atoms with Gasteiger partial charge >= 0.3 is 6.09 Å². The highest BCUT2D eigenvalue weighted by Gasteiger charge is 2.20. The first-order valence-corrected chi connectivity index (χ1v) is 5.43. The Morgan fingerprint density at radius 1 is 1.41 bits per heavy atom. The molecule has 0 aliphatic carbocycles. The Labute approximate surface area is 101 Å². The second-order valence-corrected chi connectivity index (χ2v) is 5.04. The van der Waals surface area contributed by atoms with Crippen LogP contribution >= 0.6 is 0 Å². The first-order valence-electron chi connectivity index (χ1n) is 5.43. The molecular weight excluding hydrogens is 224 g/mol. The van der Waals surface area contributed by atoms with Crippen LogP contribution in [0.4, 0.5) is 4.79 Å². The molecule has 6 nitrogen and oxygen atoms in total. The normalized spacial score (nSPS) is 13.8. The Morgan fingerprint density at radius 2 is 1.94 bits per heavy atom. The zero-order valence-corrected chi connectivity index (χ0v) is 10.9. The third-order valence-electron chi connectivity index (χ3n) is 1.82. The van der Waals surface area contributed by atoms with E-state index in [-0.39, 0.29) is 5.92 Å². The average Bonchev–Trinajstić information content (AvgIpc) is 2.08. The third-order valence-corrected chi connectivity index (χ3v) is 1.82. The first-order chi connectivity index (χ1) is 7.61. The summed E-state index contributed by atoms with van der Waals surface area (Å²) in [5, 5.41) is 12.8. The van der Waals surface area contributed by atoms with Gasteiger partial charge in [-0.15, -0.1) is 0 Å². The molecule has 0 aliphatic rings. The molecule has 0 aromatic rings. The van der Waals surface area contributed by atoms with Gasteiger partial charge in [-0.25, -0.2) is 4.79 Å². The van der Waals surface area contributed by atoms with Crippen molar-refractivity contribution < 1.29 is 14.5 Å². The van der Waals surface area contributed by atoms with Crippen LogP contribution in [0.15, 0.2) is 12.3 Å². The molecule has 1 atom stereocenters. The zero-order chi connectivity index (χ0) is 13.6. The van der Waals surface area contributed by atoms with Crippen molar-refractivity contribution in [1.29, 1.82) is 0 Å². The van der Waals surface area contributed by atoms with E-state index in [0.29, 0.717) is 0 Å². The van der Waals surface area contributed by atoms with Crippen LogP contribution in [0.25, 0.3) is 0 Å². The summed E-state index contributed by atoms with van der Waals surface area (Å²) >= 11 is 0. The summed E-state index contributed by atoms with van der Waals surface area (Å²) in [7, 11) is 0. The fourth-order valence-electron chi connectivity index (χ4n) is 1.04. The summed E-state index contributed by atoms with van der Waals surface area (Å²) in [6, 6.07) is -0.421. The Kier molecular flexibility index (Phi) is 5.64. The maximum Gasteiger partial charge on any atom is 0.408 e. The number of amides is 1. The van der Waals surface area contributed by atoms with Gasteiger partial charge in [0.2, 0.25) is 6.20 Å². The van der Waals surface area contributed by atoms with Crippen molar-refractivity contribution in [2.75, 3.05) is 0 Å². The van der Waals surface area contributed by atoms with Gasteiger partial charge in [-0.05, 0) is 26.7 Å². The predicted molar refractivity (Wildman–Crippen MR) is 64.1 cm³/mol. The van der Waals surface area contributed by atoms with Gasteiger partial charge in [0.25, 0.3) is 0 Å². The fourth-order valence-corrected chi connectivity index (χ4v) is 1.04. The number of nitrogens with one attached hydrogen (secondary N) is 1. The SMILES string of the molecule is CC(C)C(/C=C/[N+](=O)[O-])NC(=O)OC(C)(C)C. The van der Waals surface area contributed by atoms with Crippen LogP contribution < -0.4 is 5.32 Å². The maximum atomic E-state index is 11.5. The van der Waals surface area contributed by atoms with E-state index >= 15 is 0 Å². The van der Waals surface area contributed by atoms with Gasteiger partial charge in [0.1, 0.15) is 5.60 Å². The highest BCUT2D eigenvalue weighted by Crippen LogP contribution is 2.09. The van der Waals surface area contributed by atoms with E-state index in [4.69, 9.17) is 4.74 Å². The topological polar surface area (TPSA) is 81.5 Å². The molecule has 0 aromatic heterocycles. The van der Waals surface area contributed by atoms with Crippen molar-refractivity contribution in [2.24, 2.45) is 5.92 Å². The number of hydrogen-bond acceptors (Lipinski definition) is 4. The number of ether oxygens (including phenoxy) is 1. The van der Waals surface area contributed by atoms with Crippen molar-refractivity contribution >= 4 is 6.09 Å². The van der Waals surface area contributed by atoms with Crippen molar-refractivity contribution in [1.82, 2.24) is 5.32 Å². The minimum Gasteiger partial charge on any atom is -0.444 e. The lowest BCUT2D eigenvalue weighted by Gasteiger charge is -2.23. The van der Waals surface area contributed by atoms with Crippen LogP contribution in [-0.4, -0.2) is 22.7 Å². The number of nitrogens with zero attached hydrogens (tertiary/aromatic N) is 1. The van der Waals surface area contributed by atoms with Gasteiger partial charge in [0, 0.05) is 6.08 Å². The smallest absolute Gasteiger partial charge is 0.408 e. The lowest BCUT2D eigenvalue weighted by molar-refractivity contribution is -0.402. The quantitative estimate of drug-likeness (QED) is 0.607. The second-order valence-electron chi connectivity index (χ2n) is 5.04. The predicted octanol–water partition coefficient (Wildman–Crippen LogP) is 2.33. The Balaban J connectivity index is 4.46. The minimum atomic E-state index is -0.585. The van der Waals surface area contributed by atoms with Crippen LogP contribution in [0, 0.1) is 16.0 Å². The van der Waals surface area contributed by atoms with E-state index in [1.807, 2.05) is 13.8 Å². The van der Waals surface area contributed by atoms with Crippen LogP contribution in [0.3, 0.4) is 0 Å². The summed E-state index contributed by atoms with van der Waals surface area (Å²) in [4.78, 5) is 21.1. The van der Waals surface area contributed by atoms with E-state index < -0.39 is 22.7 Å². The van der Waals surface area contributed by atoms with Crippen LogP contribution in [0.5, 0.6) is 0 Å². The Bertz CT molecular complexity index is 305. The molecule has 6 heteroatoms. The molecule has 0 saturated heterocycles. The van der Waals surface area contributed by atoms with Gasteiger partial charge in [-0.3, -0.25) is 10.1 Å². The summed E-state index contributed by atoms with van der Waals surface area (Å²) in [5.74, 6) is 0.0405. The average molecular weight is 244 g/mol. The van der Waals surface area contributed by atoms with Gasteiger partial charge in [-0.2, -0.15) is 0 Å². The molecule has 0 radical (unpaired) electrons. The molecule has 0 bridgehead atoms. The lowest BCUT2D eigenvalue weighted by Crippen LogP contribution is -2.40. The Hall–Kier alpha value is -1.59. The summed E-state index contributed by atoms with van der Waals surface area (Å²) in [6.45, 7) is 8.97. The molecule has 0 fully saturated rings. The number of rotatable bonds is 4. The zero-order valence-electron chi connectivity index (χ0n) is 10.9.